The minimum Gasteiger partial charge on any atom is -0.494 e. The lowest BCUT2D eigenvalue weighted by Crippen LogP contribution is -2.02. The third kappa shape index (κ3) is 4.30. The zero-order valence-electron chi connectivity index (χ0n) is 14.6. The van der Waals surface area contributed by atoms with E-state index in [-0.39, 0.29) is 11.6 Å². The summed E-state index contributed by atoms with van der Waals surface area (Å²) in [5.74, 6) is 1.51. The molecule has 0 spiro atoms. The van der Waals surface area contributed by atoms with Crippen LogP contribution in [0.25, 0.3) is 11.4 Å². The Kier molecular flexibility index (Phi) is 5.38. The van der Waals surface area contributed by atoms with Crippen LogP contribution in [0.1, 0.15) is 25.3 Å². The molecule has 1 heterocycles. The van der Waals surface area contributed by atoms with Crippen LogP contribution in [-0.2, 0) is 0 Å². The normalized spacial score (nSPS) is 13.7. The van der Waals surface area contributed by atoms with Gasteiger partial charge in [-0.05, 0) is 55.7 Å². The first kappa shape index (κ1) is 18.0. The number of aromatic nitrogens is 3. The molecule has 0 radical (unpaired) electrons. The zero-order valence-corrected chi connectivity index (χ0v) is 15.5. The van der Waals surface area contributed by atoms with Crippen molar-refractivity contribution in [2.24, 2.45) is 0 Å². The summed E-state index contributed by atoms with van der Waals surface area (Å²) in [7, 11) is 0. The first-order valence-corrected chi connectivity index (χ1v) is 9.92. The SMILES string of the molecule is Fc1ccc(OCCCSc2nnc(-c3ccccc3F)n2C2CC2)cc1. The van der Waals surface area contributed by atoms with Gasteiger partial charge >= 0.3 is 0 Å². The van der Waals surface area contributed by atoms with Crippen LogP contribution in [0.15, 0.2) is 53.7 Å². The summed E-state index contributed by atoms with van der Waals surface area (Å²) in [6.07, 6.45) is 2.95. The Balaban J connectivity index is 1.37. The van der Waals surface area contributed by atoms with E-state index < -0.39 is 0 Å². The molecule has 27 heavy (non-hydrogen) atoms. The predicted molar refractivity (Wildman–Crippen MR) is 101 cm³/mol. The number of thioether (sulfide) groups is 1. The summed E-state index contributed by atoms with van der Waals surface area (Å²) < 4.78 is 34.7. The third-order valence-electron chi connectivity index (χ3n) is 4.29. The molecule has 0 N–H and O–H groups in total. The van der Waals surface area contributed by atoms with E-state index in [9.17, 15) is 8.78 Å². The fraction of sp³-hybridized carbons (Fsp3) is 0.300. The molecule has 4 nitrogen and oxygen atoms in total. The second kappa shape index (κ2) is 8.08. The van der Waals surface area contributed by atoms with Gasteiger partial charge in [-0.1, -0.05) is 23.9 Å². The molecule has 1 aliphatic rings. The summed E-state index contributed by atoms with van der Waals surface area (Å²) in [5.41, 5.74) is 0.489. The molecular formula is C20H19F2N3OS. The molecule has 2 aromatic carbocycles. The molecule has 3 aromatic rings. The Morgan fingerprint density at radius 1 is 1.04 bits per heavy atom. The van der Waals surface area contributed by atoms with Crippen LogP contribution in [0.2, 0.25) is 0 Å². The van der Waals surface area contributed by atoms with Gasteiger partial charge in [0.05, 0.1) is 12.2 Å². The van der Waals surface area contributed by atoms with Gasteiger partial charge in [-0.3, -0.25) is 4.57 Å². The van der Waals surface area contributed by atoms with Gasteiger partial charge in [-0.25, -0.2) is 8.78 Å². The maximum absolute atomic E-state index is 14.2. The minimum absolute atomic E-state index is 0.275. The van der Waals surface area contributed by atoms with Crippen molar-refractivity contribution >= 4 is 11.8 Å². The Morgan fingerprint density at radius 2 is 1.81 bits per heavy atom. The van der Waals surface area contributed by atoms with Crippen molar-refractivity contribution in [3.05, 3.63) is 60.2 Å². The van der Waals surface area contributed by atoms with Gasteiger partial charge in [0, 0.05) is 11.8 Å². The maximum atomic E-state index is 14.2. The van der Waals surface area contributed by atoms with Crippen molar-refractivity contribution in [3.63, 3.8) is 0 Å². The average molecular weight is 387 g/mol. The Labute approximate surface area is 160 Å². The Morgan fingerprint density at radius 3 is 2.56 bits per heavy atom. The van der Waals surface area contributed by atoms with Gasteiger partial charge in [-0.15, -0.1) is 10.2 Å². The highest BCUT2D eigenvalue weighted by atomic mass is 32.2. The fourth-order valence-electron chi connectivity index (χ4n) is 2.81. The van der Waals surface area contributed by atoms with Crippen molar-refractivity contribution in [2.45, 2.75) is 30.5 Å². The molecule has 0 bridgehead atoms. The lowest BCUT2D eigenvalue weighted by atomic mass is 10.2. The molecule has 0 atom stereocenters. The van der Waals surface area contributed by atoms with Gasteiger partial charge in [0.25, 0.3) is 0 Å². The van der Waals surface area contributed by atoms with Gasteiger partial charge in [0.15, 0.2) is 11.0 Å². The first-order chi connectivity index (χ1) is 13.2. The number of halogens is 2. The average Bonchev–Trinajstić information content (AvgIpc) is 3.43. The molecule has 0 saturated heterocycles. The van der Waals surface area contributed by atoms with E-state index >= 15 is 0 Å². The molecule has 1 saturated carbocycles. The van der Waals surface area contributed by atoms with Crippen molar-refractivity contribution in [1.82, 2.24) is 14.8 Å². The summed E-state index contributed by atoms with van der Waals surface area (Å²) in [6.45, 7) is 0.538. The maximum Gasteiger partial charge on any atom is 0.191 e. The lowest BCUT2D eigenvalue weighted by molar-refractivity contribution is 0.318. The van der Waals surface area contributed by atoms with Crippen molar-refractivity contribution < 1.29 is 13.5 Å². The molecule has 0 aliphatic heterocycles. The van der Waals surface area contributed by atoms with Crippen molar-refractivity contribution in [3.8, 4) is 17.1 Å². The predicted octanol–water partition coefficient (Wildman–Crippen LogP) is 5.12. The largest absolute Gasteiger partial charge is 0.494 e. The number of rotatable bonds is 8. The molecule has 140 valence electrons. The van der Waals surface area contributed by atoms with Gasteiger partial charge in [0.1, 0.15) is 17.4 Å². The number of hydrogen-bond donors (Lipinski definition) is 0. The summed E-state index contributed by atoms with van der Waals surface area (Å²) >= 11 is 1.60. The summed E-state index contributed by atoms with van der Waals surface area (Å²) in [5, 5.41) is 9.35. The highest BCUT2D eigenvalue weighted by molar-refractivity contribution is 7.99. The van der Waals surface area contributed by atoms with Crippen molar-refractivity contribution in [2.75, 3.05) is 12.4 Å². The van der Waals surface area contributed by atoms with Crippen LogP contribution in [0.3, 0.4) is 0 Å². The van der Waals surface area contributed by atoms with Crippen LogP contribution in [0.5, 0.6) is 5.75 Å². The quantitative estimate of drug-likeness (QED) is 0.397. The zero-order chi connectivity index (χ0) is 18.6. The minimum atomic E-state index is -0.281. The molecule has 0 amide bonds. The van der Waals surface area contributed by atoms with E-state index in [1.54, 1.807) is 36.0 Å². The molecule has 4 rings (SSSR count). The van der Waals surface area contributed by atoms with E-state index in [2.05, 4.69) is 14.8 Å². The second-order valence-corrected chi connectivity index (χ2v) is 7.45. The number of benzene rings is 2. The van der Waals surface area contributed by atoms with Crippen LogP contribution in [-0.4, -0.2) is 27.1 Å². The van der Waals surface area contributed by atoms with E-state index in [1.807, 2.05) is 6.07 Å². The number of hydrogen-bond acceptors (Lipinski definition) is 4. The highest BCUT2D eigenvalue weighted by Crippen LogP contribution is 2.41. The van der Waals surface area contributed by atoms with Gasteiger partial charge < -0.3 is 4.74 Å². The van der Waals surface area contributed by atoms with Crippen molar-refractivity contribution in [1.29, 1.82) is 0 Å². The number of ether oxygens (including phenoxy) is 1. The highest BCUT2D eigenvalue weighted by Gasteiger charge is 2.30. The standard InChI is InChI=1S/C20H19F2N3OS/c21-14-6-10-16(11-7-14)26-12-3-13-27-20-24-23-19(25(20)15-8-9-15)17-4-1-2-5-18(17)22/h1-2,4-7,10-11,15H,3,8-9,12-13H2. The van der Waals surface area contributed by atoms with Crippen LogP contribution >= 0.6 is 11.8 Å². The van der Waals surface area contributed by atoms with E-state index in [0.717, 1.165) is 30.2 Å². The molecule has 1 fully saturated rings. The fourth-order valence-corrected chi connectivity index (χ4v) is 3.72. The molecule has 1 aromatic heterocycles. The van der Waals surface area contributed by atoms with E-state index in [1.165, 1.54) is 18.2 Å². The van der Waals surface area contributed by atoms with Gasteiger partial charge in [0.2, 0.25) is 0 Å². The van der Waals surface area contributed by atoms with Gasteiger partial charge in [-0.2, -0.15) is 0 Å². The lowest BCUT2D eigenvalue weighted by Gasteiger charge is -2.09. The Bertz CT molecular complexity index is 910. The second-order valence-electron chi connectivity index (χ2n) is 6.39. The van der Waals surface area contributed by atoms with E-state index in [4.69, 9.17) is 4.74 Å². The topological polar surface area (TPSA) is 39.9 Å². The first-order valence-electron chi connectivity index (χ1n) is 8.93. The summed E-state index contributed by atoms with van der Waals surface area (Å²) in [4.78, 5) is 0. The third-order valence-corrected chi connectivity index (χ3v) is 5.32. The molecule has 1 aliphatic carbocycles. The monoisotopic (exact) mass is 387 g/mol. The Hall–Kier alpha value is -2.41. The molecular weight excluding hydrogens is 368 g/mol. The molecule has 7 heteroatoms. The van der Waals surface area contributed by atoms with E-state index in [0.29, 0.717) is 29.8 Å². The van der Waals surface area contributed by atoms with Crippen LogP contribution in [0, 0.1) is 11.6 Å². The van der Waals surface area contributed by atoms with Crippen LogP contribution in [0.4, 0.5) is 8.78 Å². The smallest absolute Gasteiger partial charge is 0.191 e. The summed E-state index contributed by atoms with van der Waals surface area (Å²) in [6, 6.07) is 13.0. The van der Waals surface area contributed by atoms with Crippen LogP contribution < -0.4 is 4.74 Å². The molecule has 0 unspecified atom stereocenters. The number of nitrogens with zero attached hydrogens (tertiary/aromatic N) is 3.